The first-order chi connectivity index (χ1) is 16.5. The summed E-state index contributed by atoms with van der Waals surface area (Å²) >= 11 is 0. The molecule has 187 valence electrons. The second-order valence-corrected chi connectivity index (χ2v) is 10.2. The van der Waals surface area contributed by atoms with Crippen molar-refractivity contribution in [2.45, 2.75) is 42.5 Å². The SMILES string of the molecule is NC(=O)c1ccccc1CC(F)(F)C[CH]C(=O)N[C@H]1CCCN(S(=O)(=O)c2ccccc2)CC1=O. The fourth-order valence-corrected chi connectivity index (χ4v) is 5.30. The summed E-state index contributed by atoms with van der Waals surface area (Å²) in [5.74, 6) is -5.54. The number of nitrogens with zero attached hydrogens (tertiary/aromatic N) is 1. The molecule has 0 aromatic heterocycles. The van der Waals surface area contributed by atoms with Gasteiger partial charge in [-0.25, -0.2) is 17.2 Å². The van der Waals surface area contributed by atoms with Gasteiger partial charge in [-0.15, -0.1) is 0 Å². The second kappa shape index (κ2) is 11.0. The Morgan fingerprint density at radius 2 is 1.77 bits per heavy atom. The molecule has 0 saturated carbocycles. The summed E-state index contributed by atoms with van der Waals surface area (Å²) < 4.78 is 55.6. The Labute approximate surface area is 202 Å². The van der Waals surface area contributed by atoms with Crippen LogP contribution in [0.25, 0.3) is 0 Å². The minimum atomic E-state index is -3.88. The van der Waals surface area contributed by atoms with Crippen molar-refractivity contribution in [3.8, 4) is 0 Å². The normalized spacial score (nSPS) is 17.5. The third kappa shape index (κ3) is 6.92. The molecule has 0 bridgehead atoms. The number of primary amides is 1. The average Bonchev–Trinajstić information content (AvgIpc) is 3.00. The Bertz CT molecular complexity index is 1190. The largest absolute Gasteiger partial charge is 0.366 e. The monoisotopic (exact) mass is 506 g/mol. The van der Waals surface area contributed by atoms with Crippen LogP contribution in [0.3, 0.4) is 0 Å². The predicted molar refractivity (Wildman–Crippen MR) is 124 cm³/mol. The highest BCUT2D eigenvalue weighted by Gasteiger charge is 2.35. The quantitative estimate of drug-likeness (QED) is 0.539. The summed E-state index contributed by atoms with van der Waals surface area (Å²) in [6.45, 7) is -0.335. The summed E-state index contributed by atoms with van der Waals surface area (Å²) in [6, 6.07) is 12.4. The van der Waals surface area contributed by atoms with Crippen molar-refractivity contribution in [1.82, 2.24) is 9.62 Å². The molecule has 3 N–H and O–H groups in total. The maximum absolute atomic E-state index is 14.5. The van der Waals surface area contributed by atoms with Crippen molar-refractivity contribution in [3.63, 3.8) is 0 Å². The zero-order valence-corrected chi connectivity index (χ0v) is 19.6. The van der Waals surface area contributed by atoms with E-state index in [1.54, 1.807) is 18.2 Å². The van der Waals surface area contributed by atoms with E-state index in [0.29, 0.717) is 6.42 Å². The van der Waals surface area contributed by atoms with Gasteiger partial charge in [0.05, 0.1) is 23.9 Å². The van der Waals surface area contributed by atoms with Crippen LogP contribution in [0.15, 0.2) is 59.5 Å². The molecule has 1 saturated heterocycles. The number of sulfonamides is 1. The minimum Gasteiger partial charge on any atom is -0.366 e. The van der Waals surface area contributed by atoms with Crippen LogP contribution >= 0.6 is 0 Å². The first kappa shape index (κ1) is 26.4. The Hall–Kier alpha value is -3.18. The number of ketones is 1. The van der Waals surface area contributed by atoms with Gasteiger partial charge in [0, 0.05) is 24.9 Å². The molecule has 1 fully saturated rings. The molecule has 1 aliphatic heterocycles. The van der Waals surface area contributed by atoms with E-state index in [4.69, 9.17) is 5.73 Å². The van der Waals surface area contributed by atoms with Crippen LogP contribution in [0.1, 0.15) is 35.2 Å². The zero-order valence-electron chi connectivity index (χ0n) is 18.8. The van der Waals surface area contributed by atoms with Crippen molar-refractivity contribution in [2.75, 3.05) is 13.1 Å². The van der Waals surface area contributed by atoms with E-state index in [1.807, 2.05) is 0 Å². The third-order valence-corrected chi connectivity index (χ3v) is 7.50. The molecule has 2 aromatic rings. The van der Waals surface area contributed by atoms with Gasteiger partial charge in [-0.1, -0.05) is 36.4 Å². The van der Waals surface area contributed by atoms with E-state index in [1.165, 1.54) is 36.4 Å². The number of nitrogens with two attached hydrogens (primary N) is 1. The lowest BCUT2D eigenvalue weighted by molar-refractivity contribution is -0.126. The number of Topliss-reactive ketones (excluding diaryl/α,β-unsaturated/α-hetero) is 1. The molecule has 3 rings (SSSR count). The Morgan fingerprint density at radius 3 is 2.46 bits per heavy atom. The number of nitrogens with one attached hydrogen (secondary N) is 1. The number of amides is 2. The van der Waals surface area contributed by atoms with Crippen molar-refractivity contribution < 1.29 is 31.6 Å². The lowest BCUT2D eigenvalue weighted by atomic mass is 9.98. The summed E-state index contributed by atoms with van der Waals surface area (Å²) in [5.41, 5.74) is 5.28. The molecule has 2 aromatic carbocycles. The molecule has 1 aliphatic rings. The van der Waals surface area contributed by atoms with Gasteiger partial charge < -0.3 is 11.1 Å². The second-order valence-electron chi connectivity index (χ2n) is 8.28. The fraction of sp³-hybridized carbons (Fsp3) is 0.333. The van der Waals surface area contributed by atoms with Gasteiger partial charge >= 0.3 is 0 Å². The highest BCUT2D eigenvalue weighted by molar-refractivity contribution is 7.89. The van der Waals surface area contributed by atoms with Crippen LogP contribution in [0.4, 0.5) is 8.78 Å². The van der Waals surface area contributed by atoms with E-state index in [0.717, 1.165) is 10.7 Å². The first-order valence-electron chi connectivity index (χ1n) is 11.0. The van der Waals surface area contributed by atoms with E-state index in [-0.39, 0.29) is 29.0 Å². The van der Waals surface area contributed by atoms with Crippen molar-refractivity contribution >= 4 is 27.6 Å². The highest BCUT2D eigenvalue weighted by atomic mass is 32.2. The average molecular weight is 507 g/mol. The fourth-order valence-electron chi connectivity index (χ4n) is 3.83. The van der Waals surface area contributed by atoms with Gasteiger partial charge in [0.1, 0.15) is 0 Å². The molecule has 8 nitrogen and oxygen atoms in total. The molecule has 1 radical (unpaired) electrons. The number of hydrogen-bond donors (Lipinski definition) is 2. The van der Waals surface area contributed by atoms with E-state index in [2.05, 4.69) is 5.32 Å². The molecule has 1 heterocycles. The predicted octanol–water partition coefficient (Wildman–Crippen LogP) is 2.10. The molecular formula is C24H26F2N3O5S. The van der Waals surface area contributed by atoms with Crippen LogP contribution < -0.4 is 11.1 Å². The molecule has 0 unspecified atom stereocenters. The number of hydrogen-bond acceptors (Lipinski definition) is 5. The molecule has 11 heteroatoms. The topological polar surface area (TPSA) is 127 Å². The summed E-state index contributed by atoms with van der Waals surface area (Å²) in [5, 5.41) is 2.41. The van der Waals surface area contributed by atoms with E-state index >= 15 is 0 Å². The van der Waals surface area contributed by atoms with E-state index < -0.39 is 59.0 Å². The maximum atomic E-state index is 14.5. The van der Waals surface area contributed by atoms with Crippen LogP contribution in [-0.2, 0) is 26.0 Å². The molecule has 35 heavy (non-hydrogen) atoms. The smallest absolute Gasteiger partial charge is 0.252 e. The van der Waals surface area contributed by atoms with Gasteiger partial charge in [0.2, 0.25) is 21.8 Å². The van der Waals surface area contributed by atoms with Gasteiger partial charge in [-0.2, -0.15) is 4.31 Å². The van der Waals surface area contributed by atoms with E-state index in [9.17, 15) is 31.6 Å². The standard InChI is InChI=1S/C24H26F2N3O5S/c25-24(26,15-17-7-4-5-10-19(17)23(27)32)13-12-22(31)28-20-11-6-14-29(16-21(20)30)35(33,34)18-8-2-1-3-9-18/h1-5,7-10,12,20H,6,11,13-16H2,(H2,27,32)(H,28,31)/t20-/m0/s1. The van der Waals surface area contributed by atoms with Gasteiger partial charge in [0.25, 0.3) is 5.92 Å². The summed E-state index contributed by atoms with van der Waals surface area (Å²) in [7, 11) is -3.88. The lowest BCUT2D eigenvalue weighted by Crippen LogP contribution is -2.44. The van der Waals surface area contributed by atoms with Gasteiger partial charge in [0.15, 0.2) is 5.78 Å². The molecule has 1 atom stereocenters. The summed E-state index contributed by atoms with van der Waals surface area (Å²) in [6.07, 6.45) is -0.458. The first-order valence-corrected chi connectivity index (χ1v) is 12.4. The number of benzene rings is 2. The third-order valence-electron chi connectivity index (χ3n) is 5.64. The Kier molecular flexibility index (Phi) is 8.34. The molecule has 0 spiro atoms. The van der Waals surface area contributed by atoms with Crippen LogP contribution in [0.5, 0.6) is 0 Å². The Balaban J connectivity index is 1.56. The number of alkyl halides is 2. The lowest BCUT2D eigenvalue weighted by Gasteiger charge is -2.20. The zero-order chi connectivity index (χ0) is 25.6. The van der Waals surface area contributed by atoms with Crippen molar-refractivity contribution in [2.24, 2.45) is 5.73 Å². The highest BCUT2D eigenvalue weighted by Crippen LogP contribution is 2.27. The minimum absolute atomic E-state index is 0.0179. The van der Waals surface area contributed by atoms with Crippen LogP contribution in [-0.4, -0.2) is 55.4 Å². The Morgan fingerprint density at radius 1 is 1.11 bits per heavy atom. The van der Waals surface area contributed by atoms with Gasteiger partial charge in [-0.05, 0) is 36.6 Å². The number of carbonyl (C=O) groups is 3. The number of carbonyl (C=O) groups excluding carboxylic acids is 3. The number of rotatable bonds is 9. The molecule has 2 amide bonds. The molecular weight excluding hydrogens is 480 g/mol. The number of halogens is 2. The van der Waals surface area contributed by atoms with Crippen LogP contribution in [0, 0.1) is 6.42 Å². The van der Waals surface area contributed by atoms with Crippen LogP contribution in [0.2, 0.25) is 0 Å². The van der Waals surface area contributed by atoms with Crippen molar-refractivity contribution in [1.29, 1.82) is 0 Å². The molecule has 0 aliphatic carbocycles. The van der Waals surface area contributed by atoms with Gasteiger partial charge in [-0.3, -0.25) is 14.4 Å². The maximum Gasteiger partial charge on any atom is 0.252 e. The summed E-state index contributed by atoms with van der Waals surface area (Å²) in [4.78, 5) is 36.5. The van der Waals surface area contributed by atoms with Crippen molar-refractivity contribution in [3.05, 3.63) is 72.1 Å².